The fraction of sp³-hybridized carbons (Fsp3) is 0.100. The van der Waals surface area contributed by atoms with Gasteiger partial charge in [0.2, 0.25) is 0 Å². The number of benzene rings is 1. The molecule has 2 aromatic rings. The van der Waals surface area contributed by atoms with E-state index < -0.39 is 10.7 Å². The van der Waals surface area contributed by atoms with Crippen LogP contribution in [0.1, 0.15) is 0 Å². The molecule has 17 heavy (non-hydrogen) atoms. The van der Waals surface area contributed by atoms with Crippen molar-refractivity contribution < 1.29 is 14.1 Å². The molecule has 0 aliphatic carbocycles. The smallest absolute Gasteiger partial charge is 0.296 e. The van der Waals surface area contributed by atoms with Crippen LogP contribution in [0.5, 0.6) is 5.75 Å². The van der Waals surface area contributed by atoms with Gasteiger partial charge in [-0.1, -0.05) is 0 Å². The lowest BCUT2D eigenvalue weighted by Gasteiger charge is -2.07. The Kier molecular flexibility index (Phi) is 2.73. The van der Waals surface area contributed by atoms with Crippen molar-refractivity contribution in [3.63, 3.8) is 0 Å². The minimum absolute atomic E-state index is 0.0562. The van der Waals surface area contributed by atoms with Gasteiger partial charge in [-0.25, -0.2) is 9.37 Å². The summed E-state index contributed by atoms with van der Waals surface area (Å²) in [6.07, 6.45) is 4.39. The van der Waals surface area contributed by atoms with E-state index in [-0.39, 0.29) is 17.1 Å². The van der Waals surface area contributed by atoms with Crippen LogP contribution in [0.25, 0.3) is 5.69 Å². The van der Waals surface area contributed by atoms with E-state index in [0.29, 0.717) is 0 Å². The summed E-state index contributed by atoms with van der Waals surface area (Å²) in [7, 11) is 1.29. The predicted octanol–water partition coefficient (Wildman–Crippen LogP) is 1.93. The SMILES string of the molecule is COc1cc(-n2ccnc2)c([N+](=O)[O-])cc1F. The van der Waals surface area contributed by atoms with Crippen LogP contribution >= 0.6 is 0 Å². The molecule has 0 atom stereocenters. The number of aromatic nitrogens is 2. The van der Waals surface area contributed by atoms with Gasteiger partial charge in [0.1, 0.15) is 5.69 Å². The van der Waals surface area contributed by atoms with Crippen LogP contribution in [-0.2, 0) is 0 Å². The van der Waals surface area contributed by atoms with Crippen LogP contribution in [0.4, 0.5) is 10.1 Å². The highest BCUT2D eigenvalue weighted by atomic mass is 19.1. The number of nitro groups is 1. The molecule has 0 N–H and O–H groups in total. The van der Waals surface area contributed by atoms with Crippen molar-refractivity contribution in [1.29, 1.82) is 0 Å². The Labute approximate surface area is 95.4 Å². The highest BCUT2D eigenvalue weighted by molar-refractivity contribution is 5.56. The van der Waals surface area contributed by atoms with Crippen molar-refractivity contribution in [1.82, 2.24) is 9.55 Å². The van der Waals surface area contributed by atoms with Crippen molar-refractivity contribution in [2.24, 2.45) is 0 Å². The van der Waals surface area contributed by atoms with Gasteiger partial charge in [-0.05, 0) is 0 Å². The molecule has 0 fully saturated rings. The number of halogens is 1. The lowest BCUT2D eigenvalue weighted by atomic mass is 10.2. The number of methoxy groups -OCH3 is 1. The van der Waals surface area contributed by atoms with Crippen molar-refractivity contribution in [3.8, 4) is 11.4 Å². The molecular formula is C10H8FN3O3. The van der Waals surface area contributed by atoms with Crippen LogP contribution in [0.15, 0.2) is 30.9 Å². The fourth-order valence-corrected chi connectivity index (χ4v) is 1.44. The summed E-state index contributed by atoms with van der Waals surface area (Å²) in [6, 6.07) is 2.09. The van der Waals surface area contributed by atoms with Gasteiger partial charge >= 0.3 is 0 Å². The summed E-state index contributed by atoms with van der Waals surface area (Å²) in [5.74, 6) is -0.831. The molecule has 1 aromatic carbocycles. The van der Waals surface area contributed by atoms with Crippen LogP contribution in [-0.4, -0.2) is 21.6 Å². The number of hydrogen-bond acceptors (Lipinski definition) is 4. The maximum atomic E-state index is 13.4. The van der Waals surface area contributed by atoms with E-state index in [9.17, 15) is 14.5 Å². The third-order valence-corrected chi connectivity index (χ3v) is 2.23. The number of hydrogen-bond donors (Lipinski definition) is 0. The van der Waals surface area contributed by atoms with Gasteiger partial charge in [0.25, 0.3) is 5.69 Å². The zero-order chi connectivity index (χ0) is 12.4. The second-order valence-corrected chi connectivity index (χ2v) is 3.20. The summed E-state index contributed by atoms with van der Waals surface area (Å²) in [5.41, 5.74) is -0.146. The van der Waals surface area contributed by atoms with E-state index in [2.05, 4.69) is 4.98 Å². The molecule has 0 spiro atoms. The third-order valence-electron chi connectivity index (χ3n) is 2.23. The average molecular weight is 237 g/mol. The Bertz CT molecular complexity index is 554. The summed E-state index contributed by atoms with van der Waals surface area (Å²) in [4.78, 5) is 14.0. The standard InChI is InChI=1S/C10H8FN3O3/c1-17-10-5-8(13-3-2-12-6-13)9(14(15)16)4-7(10)11/h2-6H,1H3. The third kappa shape index (κ3) is 1.94. The zero-order valence-corrected chi connectivity index (χ0v) is 8.83. The van der Waals surface area contributed by atoms with Gasteiger partial charge in [0.15, 0.2) is 11.6 Å². The van der Waals surface area contributed by atoms with E-state index >= 15 is 0 Å². The lowest BCUT2D eigenvalue weighted by Crippen LogP contribution is -2.01. The van der Waals surface area contributed by atoms with Gasteiger partial charge in [-0.15, -0.1) is 0 Å². The molecule has 0 aliphatic rings. The maximum absolute atomic E-state index is 13.4. The van der Waals surface area contributed by atoms with Crippen molar-refractivity contribution >= 4 is 5.69 Å². The predicted molar refractivity (Wildman–Crippen MR) is 56.7 cm³/mol. The van der Waals surface area contributed by atoms with Crippen LogP contribution < -0.4 is 4.74 Å². The van der Waals surface area contributed by atoms with E-state index in [0.717, 1.165) is 6.07 Å². The summed E-state index contributed by atoms with van der Waals surface area (Å²) in [6.45, 7) is 0. The number of nitro benzene ring substituents is 1. The second kappa shape index (κ2) is 4.20. The Balaban J connectivity index is 2.67. The topological polar surface area (TPSA) is 70.2 Å². The Morgan fingerprint density at radius 1 is 1.53 bits per heavy atom. The molecule has 1 heterocycles. The molecule has 0 saturated carbocycles. The molecule has 1 aromatic heterocycles. The zero-order valence-electron chi connectivity index (χ0n) is 8.83. The van der Waals surface area contributed by atoms with Gasteiger partial charge in [-0.2, -0.15) is 0 Å². The van der Waals surface area contributed by atoms with Gasteiger partial charge in [0.05, 0.1) is 24.4 Å². The van der Waals surface area contributed by atoms with E-state index in [4.69, 9.17) is 4.74 Å². The Morgan fingerprint density at radius 3 is 2.82 bits per heavy atom. The molecule has 0 aliphatic heterocycles. The van der Waals surface area contributed by atoms with E-state index in [1.807, 2.05) is 0 Å². The Morgan fingerprint density at radius 2 is 2.29 bits per heavy atom. The van der Waals surface area contributed by atoms with Gasteiger partial charge in [-0.3, -0.25) is 10.1 Å². The first-order chi connectivity index (χ1) is 8.13. The number of ether oxygens (including phenoxy) is 1. The monoisotopic (exact) mass is 237 g/mol. The largest absolute Gasteiger partial charge is 0.494 e. The molecule has 2 rings (SSSR count). The maximum Gasteiger partial charge on any atom is 0.296 e. The number of nitrogens with zero attached hydrogens (tertiary/aromatic N) is 3. The molecule has 0 radical (unpaired) electrons. The van der Waals surface area contributed by atoms with E-state index in [1.54, 1.807) is 0 Å². The van der Waals surface area contributed by atoms with Crippen LogP contribution in [0, 0.1) is 15.9 Å². The molecule has 6 nitrogen and oxygen atoms in total. The first-order valence-electron chi connectivity index (χ1n) is 4.63. The molecule has 7 heteroatoms. The quantitative estimate of drug-likeness (QED) is 0.604. The van der Waals surface area contributed by atoms with Crippen LogP contribution in [0.2, 0.25) is 0 Å². The molecule has 88 valence electrons. The van der Waals surface area contributed by atoms with E-state index in [1.165, 1.54) is 36.5 Å². The molecule has 0 bridgehead atoms. The summed E-state index contributed by atoms with van der Waals surface area (Å²) in [5, 5.41) is 10.8. The normalized spacial score (nSPS) is 10.2. The second-order valence-electron chi connectivity index (χ2n) is 3.20. The lowest BCUT2D eigenvalue weighted by molar-refractivity contribution is -0.384. The highest BCUT2D eigenvalue weighted by Crippen LogP contribution is 2.30. The first-order valence-corrected chi connectivity index (χ1v) is 4.63. The molecule has 0 unspecified atom stereocenters. The van der Waals surface area contributed by atoms with Crippen molar-refractivity contribution in [2.45, 2.75) is 0 Å². The van der Waals surface area contributed by atoms with Crippen LogP contribution in [0.3, 0.4) is 0 Å². The molecule has 0 amide bonds. The van der Waals surface area contributed by atoms with Gasteiger partial charge < -0.3 is 9.30 Å². The average Bonchev–Trinajstić information content (AvgIpc) is 2.82. The Hall–Kier alpha value is -2.44. The van der Waals surface area contributed by atoms with Crippen molar-refractivity contribution in [2.75, 3.05) is 7.11 Å². The fourth-order valence-electron chi connectivity index (χ4n) is 1.44. The molecule has 0 saturated heterocycles. The number of rotatable bonds is 3. The minimum Gasteiger partial charge on any atom is -0.494 e. The number of imidazole rings is 1. The first kappa shape index (κ1) is 11.1. The highest BCUT2D eigenvalue weighted by Gasteiger charge is 2.19. The minimum atomic E-state index is -0.775. The van der Waals surface area contributed by atoms with Gasteiger partial charge in [0, 0.05) is 18.5 Å². The van der Waals surface area contributed by atoms with Crippen molar-refractivity contribution in [3.05, 3.63) is 46.8 Å². The summed E-state index contributed by atoms with van der Waals surface area (Å²) >= 11 is 0. The summed E-state index contributed by atoms with van der Waals surface area (Å²) < 4.78 is 19.6. The molecular weight excluding hydrogens is 229 g/mol.